The van der Waals surface area contributed by atoms with Crippen LogP contribution in [0.2, 0.25) is 0 Å². The first-order valence-corrected chi connectivity index (χ1v) is 15.4. The maximum absolute atomic E-state index is 13.9. The molecule has 0 spiro atoms. The van der Waals surface area contributed by atoms with Gasteiger partial charge in [-0.2, -0.15) is 0 Å². The predicted molar refractivity (Wildman–Crippen MR) is 164 cm³/mol. The Kier molecular flexibility index (Phi) is 7.59. The van der Waals surface area contributed by atoms with Crippen molar-refractivity contribution in [1.29, 1.82) is 0 Å². The average Bonchev–Trinajstić information content (AvgIpc) is 3.26. The van der Waals surface area contributed by atoms with E-state index in [0.29, 0.717) is 30.5 Å². The van der Waals surface area contributed by atoms with Gasteiger partial charge in [0.15, 0.2) is 0 Å². The Labute approximate surface area is 260 Å². The molecule has 1 saturated heterocycles. The number of esters is 1. The number of halogens is 2. The first-order valence-electron chi connectivity index (χ1n) is 14.6. The second kappa shape index (κ2) is 11.1. The average molecular weight is 620 g/mol. The third kappa shape index (κ3) is 4.64. The molecule has 222 valence electrons. The second-order valence-electron chi connectivity index (χ2n) is 11.7. The summed E-state index contributed by atoms with van der Waals surface area (Å²) >= 11 is 14.9. The second-order valence-corrected chi connectivity index (χ2v) is 12.9. The van der Waals surface area contributed by atoms with E-state index >= 15 is 0 Å². The van der Waals surface area contributed by atoms with Crippen LogP contribution >= 0.6 is 23.2 Å². The predicted octanol–water partition coefficient (Wildman–Crippen LogP) is 6.34. The molecule has 1 fully saturated rings. The number of amides is 3. The monoisotopic (exact) mass is 618 g/mol. The molecule has 3 aliphatic carbocycles. The minimum Gasteiger partial charge on any atom is -0.459 e. The van der Waals surface area contributed by atoms with Crippen molar-refractivity contribution in [3.63, 3.8) is 0 Å². The first-order chi connectivity index (χ1) is 20.6. The van der Waals surface area contributed by atoms with Crippen molar-refractivity contribution in [2.24, 2.45) is 11.8 Å². The minimum atomic E-state index is -1.18. The third-order valence-corrected chi connectivity index (χ3v) is 9.99. The molecule has 1 N–H and O–H groups in total. The summed E-state index contributed by atoms with van der Waals surface area (Å²) in [5, 5.41) is 2.83. The summed E-state index contributed by atoms with van der Waals surface area (Å²) in [4.78, 5) is 51.2. The van der Waals surface area contributed by atoms with Crippen molar-refractivity contribution in [3.8, 4) is 0 Å². The number of hydrogen-bond donors (Lipinski definition) is 1. The van der Waals surface area contributed by atoms with Crippen LogP contribution in [-0.4, -0.2) is 41.2 Å². The molecule has 3 aromatic carbocycles. The minimum absolute atomic E-state index is 0.155. The van der Waals surface area contributed by atoms with Gasteiger partial charge in [-0.3, -0.25) is 19.3 Å². The number of hydrogen-bond acceptors (Lipinski definition) is 5. The molecule has 3 aromatic rings. The Balaban J connectivity index is 1.07. The maximum Gasteiger partial charge on any atom is 0.338 e. The van der Waals surface area contributed by atoms with Crippen LogP contribution in [-0.2, 0) is 28.9 Å². The number of benzene rings is 3. The number of ether oxygens (including phenoxy) is 1. The molecule has 43 heavy (non-hydrogen) atoms. The Bertz CT molecular complexity index is 1500. The van der Waals surface area contributed by atoms with Crippen LogP contribution in [0.15, 0.2) is 72.8 Å². The van der Waals surface area contributed by atoms with E-state index in [0.717, 1.165) is 22.3 Å². The third-order valence-electron chi connectivity index (χ3n) is 8.71. The van der Waals surface area contributed by atoms with Crippen molar-refractivity contribution in [2.45, 2.75) is 55.4 Å². The lowest BCUT2D eigenvalue weighted by molar-refractivity contribution is -0.140. The van der Waals surface area contributed by atoms with Crippen LogP contribution in [0.5, 0.6) is 0 Å². The summed E-state index contributed by atoms with van der Waals surface area (Å²) < 4.78 is 5.18. The fraction of sp³-hybridized carbons (Fsp3) is 0.353. The smallest absolute Gasteiger partial charge is 0.338 e. The summed E-state index contributed by atoms with van der Waals surface area (Å²) in [7, 11) is 0. The number of unbranched alkanes of at least 4 members (excludes halogenated alkanes) is 2. The molecular weight excluding hydrogens is 587 g/mol. The molecule has 7 nitrogen and oxygen atoms in total. The lowest BCUT2D eigenvalue weighted by atomic mass is 9.54. The zero-order valence-electron chi connectivity index (χ0n) is 23.9. The van der Waals surface area contributed by atoms with E-state index < -0.39 is 27.6 Å². The largest absolute Gasteiger partial charge is 0.459 e. The highest BCUT2D eigenvalue weighted by atomic mass is 35.5. The number of alkyl halides is 2. The van der Waals surface area contributed by atoms with Gasteiger partial charge in [-0.25, -0.2) is 4.79 Å². The van der Waals surface area contributed by atoms with Crippen LogP contribution in [0, 0.1) is 11.8 Å². The van der Waals surface area contributed by atoms with Gasteiger partial charge in [0.1, 0.15) is 9.75 Å². The molecule has 0 radical (unpaired) electrons. The van der Waals surface area contributed by atoms with E-state index in [1.54, 1.807) is 38.1 Å². The van der Waals surface area contributed by atoms with Crippen LogP contribution in [0.25, 0.3) is 0 Å². The van der Waals surface area contributed by atoms with E-state index in [2.05, 4.69) is 5.32 Å². The zero-order chi connectivity index (χ0) is 30.5. The zero-order valence-corrected chi connectivity index (χ0v) is 25.5. The molecule has 0 saturated carbocycles. The molecule has 9 heteroatoms. The quantitative estimate of drug-likeness (QED) is 0.131. The number of nitrogens with one attached hydrogen (secondary N) is 1. The van der Waals surface area contributed by atoms with Crippen LogP contribution < -0.4 is 5.32 Å². The van der Waals surface area contributed by atoms with E-state index in [-0.39, 0.29) is 36.8 Å². The SMILES string of the molecule is CC(C)OC(=O)c1ccc(NC(=O)CCCCCN2C(=O)[C@H]3[C@H](C2=O)C2(Cl)c4ccccc4C3(Cl)c3ccccc32)cc1. The molecule has 7 rings (SSSR count). The molecule has 4 aliphatic rings. The fourth-order valence-corrected chi connectivity index (χ4v) is 7.97. The van der Waals surface area contributed by atoms with Crippen molar-refractivity contribution in [1.82, 2.24) is 4.90 Å². The number of imide groups is 1. The Morgan fingerprint density at radius 3 is 1.74 bits per heavy atom. The van der Waals surface area contributed by atoms with Gasteiger partial charge in [0.2, 0.25) is 17.7 Å². The van der Waals surface area contributed by atoms with Crippen LogP contribution in [0.3, 0.4) is 0 Å². The lowest BCUT2D eigenvalue weighted by Crippen LogP contribution is -2.57. The molecule has 0 aromatic heterocycles. The number of nitrogens with zero attached hydrogens (tertiary/aromatic N) is 1. The van der Waals surface area contributed by atoms with Gasteiger partial charge in [0, 0.05) is 18.7 Å². The van der Waals surface area contributed by atoms with Crippen molar-refractivity contribution < 1.29 is 23.9 Å². The van der Waals surface area contributed by atoms with Gasteiger partial charge in [-0.1, -0.05) is 55.0 Å². The molecule has 1 aliphatic heterocycles. The number of carbonyl (C=O) groups excluding carboxylic acids is 4. The normalized spacial score (nSPS) is 24.9. The van der Waals surface area contributed by atoms with Crippen molar-refractivity contribution >= 4 is 52.6 Å². The number of likely N-dealkylation sites (tertiary alicyclic amines) is 1. The van der Waals surface area contributed by atoms with E-state index in [4.69, 9.17) is 27.9 Å². The van der Waals surface area contributed by atoms with Gasteiger partial charge >= 0.3 is 5.97 Å². The first kappa shape index (κ1) is 29.4. The molecular formula is C34H32Cl2N2O5. The number of anilines is 1. The van der Waals surface area contributed by atoms with E-state index in [9.17, 15) is 19.2 Å². The molecule has 0 unspecified atom stereocenters. The van der Waals surface area contributed by atoms with Crippen molar-refractivity contribution in [2.75, 3.05) is 11.9 Å². The summed E-state index contributed by atoms with van der Waals surface area (Å²) in [5.74, 6) is -2.75. The maximum atomic E-state index is 13.9. The molecule has 1 heterocycles. The highest BCUT2D eigenvalue weighted by Gasteiger charge is 2.72. The summed E-state index contributed by atoms with van der Waals surface area (Å²) in [5.41, 5.74) is 4.13. The summed E-state index contributed by atoms with van der Waals surface area (Å²) in [6.45, 7) is 3.81. The van der Waals surface area contributed by atoms with Gasteiger partial charge in [-0.15, -0.1) is 23.2 Å². The lowest BCUT2D eigenvalue weighted by Gasteiger charge is -2.54. The number of carbonyl (C=O) groups is 4. The van der Waals surface area contributed by atoms with E-state index in [1.807, 2.05) is 48.5 Å². The van der Waals surface area contributed by atoms with E-state index in [1.165, 1.54) is 4.90 Å². The summed E-state index contributed by atoms with van der Waals surface area (Å²) in [6.07, 6.45) is 1.86. The van der Waals surface area contributed by atoms with Gasteiger partial charge in [0.25, 0.3) is 0 Å². The Hall–Kier alpha value is -3.68. The highest BCUT2D eigenvalue weighted by molar-refractivity contribution is 6.36. The topological polar surface area (TPSA) is 92.8 Å². The van der Waals surface area contributed by atoms with Crippen LogP contribution in [0.4, 0.5) is 5.69 Å². The Morgan fingerprint density at radius 1 is 0.791 bits per heavy atom. The Morgan fingerprint density at radius 2 is 1.28 bits per heavy atom. The van der Waals surface area contributed by atoms with Gasteiger partial charge in [0.05, 0.1) is 23.5 Å². The fourth-order valence-electron chi connectivity index (χ4n) is 6.87. The standard InChI is InChI=1S/C34H32Cl2N2O5/c1-20(2)43-32(42)21-15-17-22(18-16-21)37-27(39)14-4-3-9-19-38-30(40)28-29(31(38)41)34(36)24-11-6-5-10-23(24)33(28,35)25-12-7-8-13-26(25)34/h5-8,10-13,15-18,20,28-29H,3-4,9,14,19H2,1-2H3,(H,37,39)/t28-,29-,33?,34?/m1/s1. The van der Waals surface area contributed by atoms with Gasteiger partial charge in [-0.05, 0) is 73.2 Å². The number of rotatable bonds is 9. The van der Waals surface area contributed by atoms with Gasteiger partial charge < -0.3 is 10.1 Å². The molecule has 3 amide bonds. The molecule has 2 bridgehead atoms. The highest BCUT2D eigenvalue weighted by Crippen LogP contribution is 2.69. The summed E-state index contributed by atoms with van der Waals surface area (Å²) in [6, 6.07) is 21.7. The molecule has 2 atom stereocenters. The van der Waals surface area contributed by atoms with Crippen LogP contribution in [0.1, 0.15) is 72.1 Å². The van der Waals surface area contributed by atoms with Crippen molar-refractivity contribution in [3.05, 3.63) is 101 Å².